The zero-order valence-corrected chi connectivity index (χ0v) is 9.22. The third-order valence-electron chi connectivity index (χ3n) is 3.33. The standard InChI is InChI=1S/C13H18FN/c1-2-10-3-4-12(14)9-11(10)5-6-13(15)7-8-13/h3-4,9H,2,5-8,15H2,1H3. The van der Waals surface area contributed by atoms with E-state index in [1.165, 1.54) is 11.6 Å². The minimum Gasteiger partial charge on any atom is -0.325 e. The van der Waals surface area contributed by atoms with Crippen LogP contribution in [0.3, 0.4) is 0 Å². The van der Waals surface area contributed by atoms with Crippen LogP contribution < -0.4 is 5.73 Å². The summed E-state index contributed by atoms with van der Waals surface area (Å²) in [6, 6.07) is 5.09. The fraction of sp³-hybridized carbons (Fsp3) is 0.538. The van der Waals surface area contributed by atoms with E-state index in [9.17, 15) is 4.39 Å². The molecule has 1 saturated carbocycles. The van der Waals surface area contributed by atoms with E-state index < -0.39 is 0 Å². The average molecular weight is 207 g/mol. The third kappa shape index (κ3) is 2.57. The first-order chi connectivity index (χ1) is 7.13. The monoisotopic (exact) mass is 207 g/mol. The van der Waals surface area contributed by atoms with Crippen LogP contribution in [0.5, 0.6) is 0 Å². The molecule has 0 radical (unpaired) electrons. The highest BCUT2D eigenvalue weighted by Gasteiger charge is 2.37. The predicted octanol–water partition coefficient (Wildman–Crippen LogP) is 2.81. The van der Waals surface area contributed by atoms with E-state index in [-0.39, 0.29) is 11.4 Å². The number of hydrogen-bond donors (Lipinski definition) is 1. The molecule has 0 saturated heterocycles. The van der Waals surface area contributed by atoms with Crippen molar-refractivity contribution in [1.29, 1.82) is 0 Å². The highest BCUT2D eigenvalue weighted by atomic mass is 19.1. The van der Waals surface area contributed by atoms with Gasteiger partial charge in [0.25, 0.3) is 0 Å². The number of hydrogen-bond acceptors (Lipinski definition) is 1. The molecule has 0 unspecified atom stereocenters. The van der Waals surface area contributed by atoms with Crippen molar-refractivity contribution in [2.75, 3.05) is 0 Å². The molecule has 1 aromatic carbocycles. The Balaban J connectivity index is 2.08. The van der Waals surface area contributed by atoms with Gasteiger partial charge in [-0.25, -0.2) is 4.39 Å². The summed E-state index contributed by atoms with van der Waals surface area (Å²) >= 11 is 0. The van der Waals surface area contributed by atoms with Gasteiger partial charge in [0.2, 0.25) is 0 Å². The first-order valence-electron chi connectivity index (χ1n) is 5.69. The fourth-order valence-corrected chi connectivity index (χ4v) is 1.97. The van der Waals surface area contributed by atoms with Crippen molar-refractivity contribution in [3.05, 3.63) is 35.1 Å². The van der Waals surface area contributed by atoms with Crippen LogP contribution in [0.1, 0.15) is 37.3 Å². The maximum Gasteiger partial charge on any atom is 0.123 e. The predicted molar refractivity (Wildman–Crippen MR) is 60.3 cm³/mol. The lowest BCUT2D eigenvalue weighted by Crippen LogP contribution is -2.22. The largest absolute Gasteiger partial charge is 0.325 e. The van der Waals surface area contributed by atoms with Crippen LogP contribution in [0, 0.1) is 5.82 Å². The summed E-state index contributed by atoms with van der Waals surface area (Å²) in [5.74, 6) is -0.135. The Morgan fingerprint density at radius 3 is 2.67 bits per heavy atom. The van der Waals surface area contributed by atoms with Gasteiger partial charge in [-0.1, -0.05) is 13.0 Å². The molecule has 1 aromatic rings. The quantitative estimate of drug-likeness (QED) is 0.807. The molecule has 2 N–H and O–H groups in total. The molecule has 1 aliphatic carbocycles. The Labute approximate surface area is 90.5 Å². The Morgan fingerprint density at radius 2 is 2.07 bits per heavy atom. The van der Waals surface area contributed by atoms with E-state index in [0.29, 0.717) is 0 Å². The summed E-state index contributed by atoms with van der Waals surface area (Å²) in [6.45, 7) is 2.10. The van der Waals surface area contributed by atoms with Crippen molar-refractivity contribution in [3.63, 3.8) is 0 Å². The zero-order valence-electron chi connectivity index (χ0n) is 9.22. The molecule has 0 heterocycles. The number of rotatable bonds is 4. The van der Waals surface area contributed by atoms with Crippen LogP contribution in [-0.4, -0.2) is 5.54 Å². The first kappa shape index (κ1) is 10.6. The van der Waals surface area contributed by atoms with Crippen LogP contribution >= 0.6 is 0 Å². The van der Waals surface area contributed by atoms with Gasteiger partial charge in [-0.2, -0.15) is 0 Å². The van der Waals surface area contributed by atoms with Gasteiger partial charge in [-0.05, 0) is 55.4 Å². The molecular weight excluding hydrogens is 189 g/mol. The van der Waals surface area contributed by atoms with Crippen molar-refractivity contribution >= 4 is 0 Å². The average Bonchev–Trinajstić information content (AvgIpc) is 2.95. The van der Waals surface area contributed by atoms with E-state index in [1.54, 1.807) is 6.07 Å². The van der Waals surface area contributed by atoms with E-state index in [0.717, 1.165) is 37.7 Å². The SMILES string of the molecule is CCc1ccc(F)cc1CCC1(N)CC1. The fourth-order valence-electron chi connectivity index (χ4n) is 1.97. The third-order valence-corrected chi connectivity index (χ3v) is 3.33. The van der Waals surface area contributed by atoms with E-state index in [4.69, 9.17) is 5.73 Å². The molecule has 0 aliphatic heterocycles. The molecule has 2 rings (SSSR count). The van der Waals surface area contributed by atoms with Crippen molar-refractivity contribution in [3.8, 4) is 0 Å². The van der Waals surface area contributed by atoms with Crippen LogP contribution in [0.25, 0.3) is 0 Å². The Morgan fingerprint density at radius 1 is 1.33 bits per heavy atom. The molecule has 0 bridgehead atoms. The van der Waals surface area contributed by atoms with Gasteiger partial charge in [-0.3, -0.25) is 0 Å². The van der Waals surface area contributed by atoms with Crippen LogP contribution in [0.15, 0.2) is 18.2 Å². The van der Waals surface area contributed by atoms with Crippen LogP contribution in [0.2, 0.25) is 0 Å². The molecule has 0 aromatic heterocycles. The summed E-state index contributed by atoms with van der Waals surface area (Å²) < 4.78 is 13.1. The number of aryl methyl sites for hydroxylation is 2. The molecule has 2 heteroatoms. The van der Waals surface area contributed by atoms with Gasteiger partial charge < -0.3 is 5.73 Å². The minimum absolute atomic E-state index is 0.0668. The molecule has 0 amide bonds. The molecule has 1 fully saturated rings. The van der Waals surface area contributed by atoms with E-state index in [1.807, 2.05) is 6.07 Å². The highest BCUT2D eigenvalue weighted by Crippen LogP contribution is 2.36. The summed E-state index contributed by atoms with van der Waals surface area (Å²) in [7, 11) is 0. The van der Waals surface area contributed by atoms with Gasteiger partial charge in [0, 0.05) is 5.54 Å². The molecule has 82 valence electrons. The lowest BCUT2D eigenvalue weighted by atomic mass is 9.98. The summed E-state index contributed by atoms with van der Waals surface area (Å²) in [6.07, 6.45) is 5.13. The van der Waals surface area contributed by atoms with Crippen LogP contribution in [-0.2, 0) is 12.8 Å². The second-order valence-electron chi connectivity index (χ2n) is 4.63. The number of benzene rings is 1. The lowest BCUT2D eigenvalue weighted by Gasteiger charge is -2.11. The number of halogens is 1. The van der Waals surface area contributed by atoms with Crippen molar-refractivity contribution < 1.29 is 4.39 Å². The Kier molecular flexibility index (Phi) is 2.79. The van der Waals surface area contributed by atoms with E-state index in [2.05, 4.69) is 6.92 Å². The highest BCUT2D eigenvalue weighted by molar-refractivity contribution is 5.28. The maximum absolute atomic E-state index is 13.1. The molecule has 1 aliphatic rings. The second kappa shape index (κ2) is 3.93. The zero-order chi connectivity index (χ0) is 10.9. The van der Waals surface area contributed by atoms with Gasteiger partial charge >= 0.3 is 0 Å². The topological polar surface area (TPSA) is 26.0 Å². The van der Waals surface area contributed by atoms with Crippen LogP contribution in [0.4, 0.5) is 4.39 Å². The molecule has 0 atom stereocenters. The summed E-state index contributed by atoms with van der Waals surface area (Å²) in [4.78, 5) is 0. The van der Waals surface area contributed by atoms with Gasteiger partial charge in [0.1, 0.15) is 5.82 Å². The van der Waals surface area contributed by atoms with Crippen molar-refractivity contribution in [1.82, 2.24) is 0 Å². The van der Waals surface area contributed by atoms with Crippen molar-refractivity contribution in [2.24, 2.45) is 5.73 Å². The van der Waals surface area contributed by atoms with Crippen molar-refractivity contribution in [2.45, 2.75) is 44.6 Å². The van der Waals surface area contributed by atoms with Gasteiger partial charge in [-0.15, -0.1) is 0 Å². The summed E-state index contributed by atoms with van der Waals surface area (Å²) in [5.41, 5.74) is 8.48. The Bertz CT molecular complexity index is 356. The van der Waals surface area contributed by atoms with Gasteiger partial charge in [0.05, 0.1) is 0 Å². The normalized spacial score (nSPS) is 17.8. The molecule has 0 spiro atoms. The molecule has 15 heavy (non-hydrogen) atoms. The Hall–Kier alpha value is -0.890. The first-order valence-corrected chi connectivity index (χ1v) is 5.69. The van der Waals surface area contributed by atoms with Gasteiger partial charge in [0.15, 0.2) is 0 Å². The smallest absolute Gasteiger partial charge is 0.123 e. The molecule has 1 nitrogen and oxygen atoms in total. The maximum atomic E-state index is 13.1. The van der Waals surface area contributed by atoms with E-state index >= 15 is 0 Å². The number of nitrogens with two attached hydrogens (primary N) is 1. The summed E-state index contributed by atoms with van der Waals surface area (Å²) in [5, 5.41) is 0. The minimum atomic E-state index is -0.135. The second-order valence-corrected chi connectivity index (χ2v) is 4.63. The molecular formula is C13H18FN. The lowest BCUT2D eigenvalue weighted by molar-refractivity contribution is 0.597.